The van der Waals surface area contributed by atoms with Crippen LogP contribution in [0.3, 0.4) is 0 Å². The Morgan fingerprint density at radius 1 is 0.778 bits per heavy atom. The summed E-state index contributed by atoms with van der Waals surface area (Å²) in [4.78, 5) is 88.6. The molecule has 0 saturated heterocycles. The fraction of sp³-hybridized carbons (Fsp3) is 0.452. The Hall–Kier alpha value is -5.01. The number of carboxylic acid groups (broad SMARTS) is 1. The summed E-state index contributed by atoms with van der Waals surface area (Å²) < 4.78 is 0. The van der Waals surface area contributed by atoms with Crippen LogP contribution >= 0.6 is 0 Å². The van der Waals surface area contributed by atoms with Crippen molar-refractivity contribution in [2.24, 2.45) is 11.7 Å². The number of likely N-dealkylation sites (N-methyl/N-ethyl adjacent to an activating group) is 1. The molecule has 0 radical (unpaired) electrons. The number of nitrogens with zero attached hydrogens (tertiary/aromatic N) is 1. The number of carbonyl (C=O) groups excluding carboxylic acids is 6. The van der Waals surface area contributed by atoms with Crippen LogP contribution in [-0.4, -0.2) is 89.7 Å². The third-order valence-electron chi connectivity index (χ3n) is 6.93. The van der Waals surface area contributed by atoms with E-state index in [-0.39, 0.29) is 24.7 Å². The van der Waals surface area contributed by atoms with E-state index in [2.05, 4.69) is 21.3 Å². The summed E-state index contributed by atoms with van der Waals surface area (Å²) in [6.45, 7) is 4.88. The molecule has 0 aliphatic rings. The Balaban J connectivity index is 2.23. The second-order valence-electron chi connectivity index (χ2n) is 11.3. The number of hydrogen-bond donors (Lipinski definition) is 6. The van der Waals surface area contributed by atoms with Crippen LogP contribution in [-0.2, 0) is 40.0 Å². The van der Waals surface area contributed by atoms with Gasteiger partial charge in [0.2, 0.25) is 35.4 Å². The van der Waals surface area contributed by atoms with Crippen molar-refractivity contribution in [3.8, 4) is 0 Å². The number of amides is 6. The predicted molar refractivity (Wildman–Crippen MR) is 165 cm³/mol. The lowest BCUT2D eigenvalue weighted by Gasteiger charge is -2.27. The normalized spacial score (nSPS) is 13.6. The van der Waals surface area contributed by atoms with Gasteiger partial charge in [-0.2, -0.15) is 0 Å². The standard InChI is InChI=1S/C31H42N6O8/c1-17(2)27(31(45)37(4)5)36-28(42)18(3)33-29(43)23(16-24(32)38)35-30(44)22(34-25(39)12-13-26(40)41)15-19-10-11-20-8-6-7-9-21(20)14-19/h6-11,14,17-18,22-23,27H,12-13,15-16H2,1-5H3,(H2,32,38)(H,33,43)(H,34,39)(H,35,44)(H,36,42)(H,40,41). The van der Waals surface area contributed by atoms with Gasteiger partial charge in [0, 0.05) is 26.9 Å². The van der Waals surface area contributed by atoms with E-state index in [9.17, 15) is 33.6 Å². The lowest BCUT2D eigenvalue weighted by molar-refractivity contribution is -0.139. The lowest BCUT2D eigenvalue weighted by atomic mass is 10.0. The van der Waals surface area contributed by atoms with Crippen molar-refractivity contribution in [3.63, 3.8) is 0 Å². The molecule has 14 nitrogen and oxygen atoms in total. The number of carbonyl (C=O) groups is 7. The first-order chi connectivity index (χ1) is 21.1. The van der Waals surface area contributed by atoms with E-state index in [0.717, 1.165) is 10.8 Å². The summed E-state index contributed by atoms with van der Waals surface area (Å²) in [5.74, 6) is -5.79. The molecule has 0 aromatic heterocycles. The number of nitrogens with two attached hydrogens (primary N) is 1. The van der Waals surface area contributed by atoms with E-state index in [1.807, 2.05) is 36.4 Å². The molecule has 4 unspecified atom stereocenters. The van der Waals surface area contributed by atoms with Crippen LogP contribution in [0.2, 0.25) is 0 Å². The van der Waals surface area contributed by atoms with Crippen molar-refractivity contribution in [1.82, 2.24) is 26.2 Å². The smallest absolute Gasteiger partial charge is 0.303 e. The highest BCUT2D eigenvalue weighted by Gasteiger charge is 2.32. The molecule has 0 fully saturated rings. The van der Waals surface area contributed by atoms with E-state index >= 15 is 0 Å². The van der Waals surface area contributed by atoms with Crippen molar-refractivity contribution in [1.29, 1.82) is 0 Å². The Bertz CT molecular complexity index is 1430. The summed E-state index contributed by atoms with van der Waals surface area (Å²) in [7, 11) is 3.10. The zero-order chi connectivity index (χ0) is 33.8. The summed E-state index contributed by atoms with van der Waals surface area (Å²) in [6.07, 6.45) is -1.48. The maximum atomic E-state index is 13.5. The third kappa shape index (κ3) is 11.5. The molecule has 2 aromatic rings. The van der Waals surface area contributed by atoms with Crippen LogP contribution in [0.4, 0.5) is 0 Å². The zero-order valence-electron chi connectivity index (χ0n) is 26.1. The molecule has 45 heavy (non-hydrogen) atoms. The van der Waals surface area contributed by atoms with Gasteiger partial charge in [0.1, 0.15) is 24.2 Å². The molecule has 0 bridgehead atoms. The maximum Gasteiger partial charge on any atom is 0.303 e. The van der Waals surface area contributed by atoms with Gasteiger partial charge in [-0.3, -0.25) is 33.6 Å². The number of rotatable bonds is 16. The van der Waals surface area contributed by atoms with E-state index in [0.29, 0.717) is 5.56 Å². The minimum absolute atomic E-state index is 0.0182. The molecular formula is C31H42N6O8. The molecule has 14 heteroatoms. The van der Waals surface area contributed by atoms with Crippen LogP contribution < -0.4 is 27.0 Å². The highest BCUT2D eigenvalue weighted by atomic mass is 16.4. The Kier molecular flexibility index (Phi) is 13.5. The first kappa shape index (κ1) is 36.2. The van der Waals surface area contributed by atoms with Gasteiger partial charge in [-0.05, 0) is 29.2 Å². The van der Waals surface area contributed by atoms with Crippen LogP contribution in [0, 0.1) is 5.92 Å². The van der Waals surface area contributed by atoms with Gasteiger partial charge >= 0.3 is 5.97 Å². The van der Waals surface area contributed by atoms with Gasteiger partial charge in [-0.15, -0.1) is 0 Å². The monoisotopic (exact) mass is 626 g/mol. The number of aliphatic carboxylic acids is 1. The minimum atomic E-state index is -1.51. The second-order valence-corrected chi connectivity index (χ2v) is 11.3. The van der Waals surface area contributed by atoms with Crippen molar-refractivity contribution in [2.45, 2.75) is 70.6 Å². The molecule has 0 saturated carbocycles. The van der Waals surface area contributed by atoms with Crippen LogP contribution in [0.1, 0.15) is 45.6 Å². The topological polar surface area (TPSA) is 217 Å². The molecule has 244 valence electrons. The number of hydrogen-bond acceptors (Lipinski definition) is 7. The van der Waals surface area contributed by atoms with E-state index in [4.69, 9.17) is 10.8 Å². The molecular weight excluding hydrogens is 584 g/mol. The van der Waals surface area contributed by atoms with Gasteiger partial charge in [0.05, 0.1) is 12.8 Å². The van der Waals surface area contributed by atoms with Crippen molar-refractivity contribution < 1.29 is 38.7 Å². The first-order valence-corrected chi connectivity index (χ1v) is 14.5. The SMILES string of the molecule is CC(NC(=O)C(CC(N)=O)NC(=O)C(Cc1ccc2ccccc2c1)NC(=O)CCC(=O)O)C(=O)NC(C(=O)N(C)C)C(C)C. The number of primary amides is 1. The predicted octanol–water partition coefficient (Wildman–Crippen LogP) is -0.174. The van der Waals surface area contributed by atoms with Gasteiger partial charge < -0.3 is 37.0 Å². The molecule has 0 spiro atoms. The molecule has 6 amide bonds. The molecule has 7 N–H and O–H groups in total. The summed E-state index contributed by atoms with van der Waals surface area (Å²) in [5.41, 5.74) is 6.01. The largest absolute Gasteiger partial charge is 0.481 e. The van der Waals surface area contributed by atoms with Gasteiger partial charge in [0.15, 0.2) is 0 Å². The summed E-state index contributed by atoms with van der Waals surface area (Å²) in [5, 5.41) is 20.8. The second kappa shape index (κ2) is 16.7. The number of benzene rings is 2. The van der Waals surface area contributed by atoms with Gasteiger partial charge in [-0.25, -0.2) is 0 Å². The number of nitrogens with one attached hydrogen (secondary N) is 4. The number of carboxylic acids is 1. The highest BCUT2D eigenvalue weighted by Crippen LogP contribution is 2.17. The Morgan fingerprint density at radius 3 is 1.98 bits per heavy atom. The molecule has 2 rings (SSSR count). The van der Waals surface area contributed by atoms with Crippen molar-refractivity contribution >= 4 is 52.2 Å². The van der Waals surface area contributed by atoms with Gasteiger partial charge in [-0.1, -0.05) is 56.3 Å². The molecule has 4 atom stereocenters. The maximum absolute atomic E-state index is 13.5. The van der Waals surface area contributed by atoms with Crippen LogP contribution in [0.15, 0.2) is 42.5 Å². The average Bonchev–Trinajstić information content (AvgIpc) is 2.96. The quantitative estimate of drug-likeness (QED) is 0.147. The fourth-order valence-corrected chi connectivity index (χ4v) is 4.43. The summed E-state index contributed by atoms with van der Waals surface area (Å²) in [6, 6.07) is 8.19. The molecule has 0 heterocycles. The Morgan fingerprint density at radius 2 is 1.40 bits per heavy atom. The zero-order valence-corrected chi connectivity index (χ0v) is 26.1. The van der Waals surface area contributed by atoms with E-state index in [1.165, 1.54) is 11.8 Å². The molecule has 0 aliphatic heterocycles. The average molecular weight is 627 g/mol. The van der Waals surface area contributed by atoms with Crippen LogP contribution in [0.25, 0.3) is 10.8 Å². The van der Waals surface area contributed by atoms with E-state index < -0.39 is 72.5 Å². The van der Waals surface area contributed by atoms with E-state index in [1.54, 1.807) is 34.0 Å². The molecule has 0 aliphatic carbocycles. The Labute approximate surface area is 261 Å². The lowest BCUT2D eigenvalue weighted by Crippen LogP contribution is -2.58. The van der Waals surface area contributed by atoms with Gasteiger partial charge in [0.25, 0.3) is 0 Å². The highest BCUT2D eigenvalue weighted by molar-refractivity contribution is 5.97. The van der Waals surface area contributed by atoms with Crippen molar-refractivity contribution in [2.75, 3.05) is 14.1 Å². The summed E-state index contributed by atoms with van der Waals surface area (Å²) >= 11 is 0. The first-order valence-electron chi connectivity index (χ1n) is 14.5. The third-order valence-corrected chi connectivity index (χ3v) is 6.93. The fourth-order valence-electron chi connectivity index (χ4n) is 4.43. The number of fused-ring (bicyclic) bond motifs is 1. The minimum Gasteiger partial charge on any atom is -0.481 e. The molecule has 2 aromatic carbocycles. The van der Waals surface area contributed by atoms with Crippen LogP contribution in [0.5, 0.6) is 0 Å². The van der Waals surface area contributed by atoms with Crippen molar-refractivity contribution in [3.05, 3.63) is 48.0 Å².